The van der Waals surface area contributed by atoms with E-state index in [1.807, 2.05) is 0 Å². The van der Waals surface area contributed by atoms with E-state index in [1.165, 1.54) is 0 Å². The number of thiocarbonyl (C=S) groups is 1. The summed E-state index contributed by atoms with van der Waals surface area (Å²) in [6.07, 6.45) is 3.45. The number of carbonyl (C=O) groups is 2. The highest BCUT2D eigenvalue weighted by atomic mass is 79.9. The van der Waals surface area contributed by atoms with Crippen LogP contribution in [0.25, 0.3) is 0 Å². The Balaban J connectivity index is 1.97. The van der Waals surface area contributed by atoms with Crippen LogP contribution in [-0.4, -0.2) is 37.3 Å². The first kappa shape index (κ1) is 25.8. The number of hydrogen-bond donors (Lipinski definition) is 3. The van der Waals surface area contributed by atoms with Crippen molar-refractivity contribution in [3.63, 3.8) is 0 Å². The second kappa shape index (κ2) is 13.8. The quantitative estimate of drug-likeness (QED) is 0.281. The van der Waals surface area contributed by atoms with E-state index < -0.39 is 5.91 Å². The summed E-state index contributed by atoms with van der Waals surface area (Å²) in [4.78, 5) is 24.8. The summed E-state index contributed by atoms with van der Waals surface area (Å²) in [5.41, 5.74) is 1.65. The largest absolute Gasteiger partial charge is 0.490 e. The minimum Gasteiger partial charge on any atom is -0.490 e. The molecule has 0 aromatic heterocycles. The van der Waals surface area contributed by atoms with Gasteiger partial charge < -0.3 is 20.1 Å². The number of hydrogen-bond acceptors (Lipinski definition) is 5. The predicted molar refractivity (Wildman–Crippen MR) is 134 cm³/mol. The third kappa shape index (κ3) is 8.94. The van der Waals surface area contributed by atoms with Crippen molar-refractivity contribution in [3.05, 3.63) is 52.5 Å². The van der Waals surface area contributed by atoms with Crippen LogP contribution in [0, 0.1) is 0 Å². The van der Waals surface area contributed by atoms with Crippen LogP contribution in [0.4, 0.5) is 11.4 Å². The first-order valence-corrected chi connectivity index (χ1v) is 11.6. The van der Waals surface area contributed by atoms with Crippen LogP contribution in [0.15, 0.2) is 46.9 Å². The molecule has 0 fully saturated rings. The van der Waals surface area contributed by atoms with Gasteiger partial charge in [0.25, 0.3) is 5.91 Å². The molecular formula is C23H28BrN3O4S. The van der Waals surface area contributed by atoms with Crippen LogP contribution >= 0.6 is 28.1 Å². The van der Waals surface area contributed by atoms with Crippen LogP contribution in [-0.2, 0) is 9.53 Å². The predicted octanol–water partition coefficient (Wildman–Crippen LogP) is 5.12. The van der Waals surface area contributed by atoms with E-state index in [-0.39, 0.29) is 11.0 Å². The molecule has 2 aromatic carbocycles. The Morgan fingerprint density at radius 2 is 1.78 bits per heavy atom. The number of ether oxygens (including phenoxy) is 2. The number of benzene rings is 2. The maximum absolute atomic E-state index is 12.8. The molecule has 0 bridgehead atoms. The monoisotopic (exact) mass is 521 g/mol. The molecule has 0 saturated heterocycles. The Labute approximate surface area is 202 Å². The molecule has 0 unspecified atom stereocenters. The van der Waals surface area contributed by atoms with Crippen molar-refractivity contribution >= 4 is 56.4 Å². The molecule has 3 N–H and O–H groups in total. The minimum absolute atomic E-state index is 0.0258. The number of halogens is 1. The number of carbonyl (C=O) groups excluding carboxylic acids is 2. The topological polar surface area (TPSA) is 88.7 Å². The van der Waals surface area contributed by atoms with Gasteiger partial charge in [-0.25, -0.2) is 0 Å². The second-order valence-corrected chi connectivity index (χ2v) is 8.30. The summed E-state index contributed by atoms with van der Waals surface area (Å²) in [5, 5.41) is 8.64. The number of unbranched alkanes of at least 4 members (excludes halogenated alkanes) is 2. The molecule has 0 spiro atoms. The molecule has 0 radical (unpaired) electrons. The van der Waals surface area contributed by atoms with Crippen LogP contribution in [0.1, 0.15) is 43.0 Å². The SMILES string of the molecule is CCCCCC(=O)Nc1cccc(NC(=S)NC(=O)c2cc(Br)ccc2OCCOC)c1. The number of rotatable bonds is 11. The third-order valence-electron chi connectivity index (χ3n) is 4.37. The smallest absolute Gasteiger partial charge is 0.261 e. The molecule has 7 nitrogen and oxygen atoms in total. The van der Waals surface area contributed by atoms with Crippen LogP contribution in [0.2, 0.25) is 0 Å². The number of methoxy groups -OCH3 is 1. The molecular weight excluding hydrogens is 494 g/mol. The molecule has 2 rings (SSSR count). The van der Waals surface area contributed by atoms with Crippen molar-refractivity contribution in [1.82, 2.24) is 5.32 Å². The lowest BCUT2D eigenvalue weighted by Crippen LogP contribution is -2.34. The number of anilines is 2. The van der Waals surface area contributed by atoms with Crippen LogP contribution < -0.4 is 20.7 Å². The average molecular weight is 522 g/mol. The summed E-state index contributed by atoms with van der Waals surface area (Å²) in [6, 6.07) is 12.3. The lowest BCUT2D eigenvalue weighted by Gasteiger charge is -2.14. The molecule has 9 heteroatoms. The van der Waals surface area contributed by atoms with Gasteiger partial charge >= 0.3 is 0 Å². The van der Waals surface area contributed by atoms with E-state index in [4.69, 9.17) is 21.7 Å². The first-order chi connectivity index (χ1) is 15.4. The van der Waals surface area contributed by atoms with Crippen molar-refractivity contribution in [2.24, 2.45) is 0 Å². The number of nitrogens with one attached hydrogen (secondary N) is 3. The van der Waals surface area contributed by atoms with E-state index in [1.54, 1.807) is 49.6 Å². The summed E-state index contributed by atoms with van der Waals surface area (Å²) >= 11 is 8.66. The zero-order valence-electron chi connectivity index (χ0n) is 18.2. The highest BCUT2D eigenvalue weighted by Crippen LogP contribution is 2.23. The summed E-state index contributed by atoms with van der Waals surface area (Å²) in [7, 11) is 1.58. The first-order valence-electron chi connectivity index (χ1n) is 10.4. The molecule has 32 heavy (non-hydrogen) atoms. The Morgan fingerprint density at radius 1 is 1.03 bits per heavy atom. The van der Waals surface area contributed by atoms with E-state index in [9.17, 15) is 9.59 Å². The Hall–Kier alpha value is -2.49. The fraction of sp³-hybridized carbons (Fsp3) is 0.348. The number of amides is 2. The van der Waals surface area contributed by atoms with Crippen molar-refractivity contribution in [3.8, 4) is 5.75 Å². The van der Waals surface area contributed by atoms with Gasteiger partial charge in [0.1, 0.15) is 12.4 Å². The van der Waals surface area contributed by atoms with Gasteiger partial charge in [-0.3, -0.25) is 14.9 Å². The Morgan fingerprint density at radius 3 is 2.50 bits per heavy atom. The molecule has 172 valence electrons. The summed E-state index contributed by atoms with van der Waals surface area (Å²) < 4.78 is 11.4. The van der Waals surface area contributed by atoms with E-state index in [2.05, 4.69) is 38.8 Å². The normalized spacial score (nSPS) is 10.3. The van der Waals surface area contributed by atoms with Crippen molar-refractivity contribution < 1.29 is 19.1 Å². The standard InChI is InChI=1S/C23H28BrN3O4S/c1-3-4-5-9-21(28)25-17-7-6-8-18(15-17)26-23(32)27-22(29)19-14-16(24)10-11-20(19)31-13-12-30-2/h6-8,10-11,14-15H,3-5,9,12-13H2,1-2H3,(H,25,28)(H2,26,27,29,32). The van der Waals surface area contributed by atoms with Gasteiger partial charge in [0.15, 0.2) is 5.11 Å². The highest BCUT2D eigenvalue weighted by molar-refractivity contribution is 9.10. The molecule has 2 aromatic rings. The molecule has 0 aliphatic heterocycles. The second-order valence-electron chi connectivity index (χ2n) is 6.98. The van der Waals surface area contributed by atoms with Gasteiger partial charge in [-0.1, -0.05) is 41.8 Å². The van der Waals surface area contributed by atoms with Gasteiger partial charge in [-0.2, -0.15) is 0 Å². The lowest BCUT2D eigenvalue weighted by atomic mass is 10.2. The summed E-state index contributed by atoms with van der Waals surface area (Å²) in [5.74, 6) is -0.00272. The van der Waals surface area contributed by atoms with Gasteiger partial charge in [-0.05, 0) is 55.0 Å². The molecule has 0 atom stereocenters. The fourth-order valence-corrected chi connectivity index (χ4v) is 3.38. The Kier molecular flexibility index (Phi) is 11.1. The van der Waals surface area contributed by atoms with Crippen LogP contribution in [0.5, 0.6) is 5.75 Å². The van der Waals surface area contributed by atoms with Gasteiger partial charge in [0.2, 0.25) is 5.91 Å². The molecule has 0 heterocycles. The maximum Gasteiger partial charge on any atom is 0.261 e. The van der Waals surface area contributed by atoms with Crippen molar-refractivity contribution in [1.29, 1.82) is 0 Å². The lowest BCUT2D eigenvalue weighted by molar-refractivity contribution is -0.116. The third-order valence-corrected chi connectivity index (χ3v) is 5.07. The molecule has 0 aliphatic carbocycles. The van der Waals surface area contributed by atoms with E-state index in [0.717, 1.165) is 23.7 Å². The average Bonchev–Trinajstić information content (AvgIpc) is 2.75. The van der Waals surface area contributed by atoms with Gasteiger partial charge in [0.05, 0.1) is 12.2 Å². The van der Waals surface area contributed by atoms with Crippen molar-refractivity contribution in [2.75, 3.05) is 31.0 Å². The zero-order valence-corrected chi connectivity index (χ0v) is 20.6. The molecule has 0 aliphatic rings. The maximum atomic E-state index is 12.8. The highest BCUT2D eigenvalue weighted by Gasteiger charge is 2.15. The Bertz CT molecular complexity index is 939. The van der Waals surface area contributed by atoms with E-state index in [0.29, 0.717) is 42.3 Å². The fourth-order valence-electron chi connectivity index (χ4n) is 2.81. The van der Waals surface area contributed by atoms with Gasteiger partial charge in [-0.15, -0.1) is 0 Å². The minimum atomic E-state index is -0.406. The molecule has 0 saturated carbocycles. The van der Waals surface area contributed by atoms with E-state index >= 15 is 0 Å². The van der Waals surface area contributed by atoms with Gasteiger partial charge in [0, 0.05) is 29.4 Å². The zero-order chi connectivity index (χ0) is 23.3. The summed E-state index contributed by atoms with van der Waals surface area (Å²) in [6.45, 7) is 2.82. The van der Waals surface area contributed by atoms with Crippen LogP contribution in [0.3, 0.4) is 0 Å². The molecule has 2 amide bonds. The van der Waals surface area contributed by atoms with Crippen molar-refractivity contribution in [2.45, 2.75) is 32.6 Å².